The van der Waals surface area contributed by atoms with Crippen LogP contribution in [0.3, 0.4) is 0 Å². The summed E-state index contributed by atoms with van der Waals surface area (Å²) in [5.74, 6) is 0.874. The molecule has 0 saturated carbocycles. The van der Waals surface area contributed by atoms with E-state index in [4.69, 9.17) is 5.73 Å². The highest BCUT2D eigenvalue weighted by Crippen LogP contribution is 2.20. The molecule has 0 unspecified atom stereocenters. The zero-order valence-corrected chi connectivity index (χ0v) is 9.63. The summed E-state index contributed by atoms with van der Waals surface area (Å²) >= 11 is 0. The van der Waals surface area contributed by atoms with Crippen molar-refractivity contribution in [2.45, 2.75) is 46.1 Å². The van der Waals surface area contributed by atoms with Crippen LogP contribution in [0.1, 0.15) is 50.8 Å². The molecule has 1 aromatic heterocycles. The molecule has 3 heteroatoms. The Morgan fingerprint density at radius 3 is 2.29 bits per heavy atom. The molecule has 78 valence electrons. The fourth-order valence-corrected chi connectivity index (χ4v) is 1.28. The summed E-state index contributed by atoms with van der Waals surface area (Å²) in [5, 5.41) is 0. The number of rotatable bonds is 1. The molecule has 0 aliphatic rings. The summed E-state index contributed by atoms with van der Waals surface area (Å²) in [5.41, 5.74) is 7.81. The van der Waals surface area contributed by atoms with Crippen LogP contribution in [0.25, 0.3) is 0 Å². The average Bonchev–Trinajstić information content (AvgIpc) is 2.01. The van der Waals surface area contributed by atoms with E-state index in [1.807, 2.05) is 20.0 Å². The molecule has 2 N–H and O–H groups in total. The van der Waals surface area contributed by atoms with Crippen LogP contribution in [0.4, 0.5) is 0 Å². The summed E-state index contributed by atoms with van der Waals surface area (Å²) in [6, 6.07) is 0.00372. The highest BCUT2D eigenvalue weighted by atomic mass is 14.9. The van der Waals surface area contributed by atoms with Crippen molar-refractivity contribution in [1.82, 2.24) is 9.97 Å². The Kier molecular flexibility index (Phi) is 2.90. The second-order valence-corrected chi connectivity index (χ2v) is 4.77. The Balaban J connectivity index is 3.13. The van der Waals surface area contributed by atoms with Crippen LogP contribution in [0, 0.1) is 6.92 Å². The van der Waals surface area contributed by atoms with E-state index in [9.17, 15) is 0 Å². The van der Waals surface area contributed by atoms with Gasteiger partial charge in [-0.1, -0.05) is 20.8 Å². The Morgan fingerprint density at radius 1 is 1.36 bits per heavy atom. The van der Waals surface area contributed by atoms with Crippen molar-refractivity contribution in [3.8, 4) is 0 Å². The van der Waals surface area contributed by atoms with Crippen LogP contribution >= 0.6 is 0 Å². The van der Waals surface area contributed by atoms with Gasteiger partial charge in [0, 0.05) is 28.9 Å². The van der Waals surface area contributed by atoms with E-state index in [1.165, 1.54) is 0 Å². The van der Waals surface area contributed by atoms with Gasteiger partial charge in [-0.3, -0.25) is 0 Å². The van der Waals surface area contributed by atoms with E-state index < -0.39 is 0 Å². The minimum atomic E-state index is 0.00112. The maximum absolute atomic E-state index is 5.79. The molecule has 0 amide bonds. The smallest absolute Gasteiger partial charge is 0.133 e. The average molecular weight is 193 g/mol. The van der Waals surface area contributed by atoms with Gasteiger partial charge in [0.15, 0.2) is 0 Å². The molecule has 0 radical (unpaired) electrons. The molecule has 0 aromatic carbocycles. The van der Waals surface area contributed by atoms with Crippen molar-refractivity contribution in [2.75, 3.05) is 0 Å². The van der Waals surface area contributed by atoms with Gasteiger partial charge in [0.05, 0.1) is 0 Å². The Labute approximate surface area is 85.8 Å². The summed E-state index contributed by atoms with van der Waals surface area (Å²) in [7, 11) is 0. The first-order valence-electron chi connectivity index (χ1n) is 4.92. The molecule has 0 bridgehead atoms. The highest BCUT2D eigenvalue weighted by molar-refractivity contribution is 5.21. The van der Waals surface area contributed by atoms with Crippen molar-refractivity contribution in [1.29, 1.82) is 0 Å². The molecule has 0 fully saturated rings. The lowest BCUT2D eigenvalue weighted by Crippen LogP contribution is -2.18. The number of hydrogen-bond donors (Lipinski definition) is 1. The number of aromatic nitrogens is 2. The standard InChI is InChI=1S/C11H19N3/c1-7(12)9-6-13-10(11(3,4)5)14-8(9)2/h6-7H,12H2,1-5H3/t7-/m1/s1. The second-order valence-electron chi connectivity index (χ2n) is 4.77. The lowest BCUT2D eigenvalue weighted by atomic mass is 9.95. The first-order valence-corrected chi connectivity index (χ1v) is 4.92. The molecule has 1 atom stereocenters. The Bertz CT molecular complexity index is 324. The van der Waals surface area contributed by atoms with Gasteiger partial charge in [0.25, 0.3) is 0 Å². The maximum Gasteiger partial charge on any atom is 0.133 e. The van der Waals surface area contributed by atoms with Crippen LogP contribution in [0.2, 0.25) is 0 Å². The third-order valence-electron chi connectivity index (χ3n) is 2.18. The van der Waals surface area contributed by atoms with Crippen molar-refractivity contribution in [3.05, 3.63) is 23.3 Å². The number of nitrogens with two attached hydrogens (primary N) is 1. The van der Waals surface area contributed by atoms with Crippen molar-refractivity contribution < 1.29 is 0 Å². The topological polar surface area (TPSA) is 51.8 Å². The largest absolute Gasteiger partial charge is 0.324 e. The predicted molar refractivity (Wildman–Crippen MR) is 58.1 cm³/mol. The Hall–Kier alpha value is -0.960. The fourth-order valence-electron chi connectivity index (χ4n) is 1.28. The van der Waals surface area contributed by atoms with E-state index in [-0.39, 0.29) is 11.5 Å². The van der Waals surface area contributed by atoms with Gasteiger partial charge in [-0.05, 0) is 13.8 Å². The number of nitrogens with zero attached hydrogens (tertiary/aromatic N) is 2. The van der Waals surface area contributed by atoms with Crippen molar-refractivity contribution in [2.24, 2.45) is 5.73 Å². The summed E-state index contributed by atoms with van der Waals surface area (Å²) in [6.45, 7) is 10.2. The lowest BCUT2D eigenvalue weighted by molar-refractivity contribution is 0.540. The van der Waals surface area contributed by atoms with E-state index in [1.54, 1.807) is 0 Å². The second kappa shape index (κ2) is 3.65. The van der Waals surface area contributed by atoms with Crippen LogP contribution in [-0.2, 0) is 5.41 Å². The first-order chi connectivity index (χ1) is 6.32. The van der Waals surface area contributed by atoms with Crippen LogP contribution < -0.4 is 5.73 Å². The van der Waals surface area contributed by atoms with E-state index in [0.717, 1.165) is 17.1 Å². The monoisotopic (exact) mass is 193 g/mol. The molecule has 1 rings (SSSR count). The molecule has 0 aliphatic carbocycles. The van der Waals surface area contributed by atoms with Gasteiger partial charge in [-0.15, -0.1) is 0 Å². The molecule has 1 aromatic rings. The van der Waals surface area contributed by atoms with Crippen LogP contribution in [0.5, 0.6) is 0 Å². The highest BCUT2D eigenvalue weighted by Gasteiger charge is 2.18. The van der Waals surface area contributed by atoms with E-state index >= 15 is 0 Å². The maximum atomic E-state index is 5.79. The van der Waals surface area contributed by atoms with E-state index in [2.05, 4.69) is 30.7 Å². The SMILES string of the molecule is Cc1nc(C(C)(C)C)ncc1[C@@H](C)N. The number of hydrogen-bond acceptors (Lipinski definition) is 3. The fraction of sp³-hybridized carbons (Fsp3) is 0.636. The molecule has 14 heavy (non-hydrogen) atoms. The molecular formula is C11H19N3. The van der Waals surface area contributed by atoms with Crippen LogP contribution in [-0.4, -0.2) is 9.97 Å². The molecule has 1 heterocycles. The summed E-state index contributed by atoms with van der Waals surface area (Å²) in [6.07, 6.45) is 1.84. The van der Waals surface area contributed by atoms with Gasteiger partial charge in [-0.2, -0.15) is 0 Å². The quantitative estimate of drug-likeness (QED) is 0.743. The van der Waals surface area contributed by atoms with Gasteiger partial charge < -0.3 is 5.73 Å². The molecule has 3 nitrogen and oxygen atoms in total. The third kappa shape index (κ3) is 2.29. The minimum absolute atomic E-state index is 0.00112. The zero-order chi connectivity index (χ0) is 10.9. The first kappa shape index (κ1) is 11.1. The zero-order valence-electron chi connectivity index (χ0n) is 9.63. The normalized spacial score (nSPS) is 14.1. The summed E-state index contributed by atoms with van der Waals surface area (Å²) < 4.78 is 0. The lowest BCUT2D eigenvalue weighted by Gasteiger charge is -2.18. The molecule has 0 aliphatic heterocycles. The predicted octanol–water partition coefficient (Wildman–Crippen LogP) is 2.10. The third-order valence-corrected chi connectivity index (χ3v) is 2.18. The molecular weight excluding hydrogens is 174 g/mol. The van der Waals surface area contributed by atoms with Gasteiger partial charge in [0.2, 0.25) is 0 Å². The van der Waals surface area contributed by atoms with Crippen LogP contribution in [0.15, 0.2) is 6.20 Å². The van der Waals surface area contributed by atoms with Crippen molar-refractivity contribution in [3.63, 3.8) is 0 Å². The molecule has 0 saturated heterocycles. The van der Waals surface area contributed by atoms with Gasteiger partial charge in [0.1, 0.15) is 5.82 Å². The minimum Gasteiger partial charge on any atom is -0.324 e. The summed E-state index contributed by atoms with van der Waals surface area (Å²) in [4.78, 5) is 8.82. The van der Waals surface area contributed by atoms with Crippen molar-refractivity contribution >= 4 is 0 Å². The van der Waals surface area contributed by atoms with Gasteiger partial charge in [-0.25, -0.2) is 9.97 Å². The van der Waals surface area contributed by atoms with E-state index in [0.29, 0.717) is 0 Å². The van der Waals surface area contributed by atoms with Gasteiger partial charge >= 0.3 is 0 Å². The number of aryl methyl sites for hydroxylation is 1. The molecule has 0 spiro atoms. The Morgan fingerprint density at radius 2 is 1.93 bits per heavy atom.